The zero-order valence-electron chi connectivity index (χ0n) is 16.4. The molecular formula is C23H20Cl2N2O2S. The van der Waals surface area contributed by atoms with Crippen molar-refractivity contribution in [2.24, 2.45) is 0 Å². The highest BCUT2D eigenvalue weighted by molar-refractivity contribution is 7.97. The molecule has 0 aliphatic heterocycles. The molecule has 0 amide bonds. The molecule has 0 saturated heterocycles. The number of carbonyl (C=O) groups excluding carboxylic acids is 1. The standard InChI is InChI=1S/C22H17ClN2O2S.CH3Cl/c1-25-28-17-4-2-3-14(11-17)15-7-10-18-19(12-15)27-22(20(18)24)21(26)13-5-8-16(23)9-6-13;1-2/h2-12,25H,24H2,1H3;1H3. The minimum atomic E-state index is -0.265. The van der Waals surface area contributed by atoms with E-state index in [9.17, 15) is 4.79 Å². The number of alkyl halides is 1. The number of hydrogen-bond acceptors (Lipinski definition) is 5. The summed E-state index contributed by atoms with van der Waals surface area (Å²) in [7, 11) is 1.88. The Bertz CT molecular complexity index is 1170. The number of furan rings is 1. The topological polar surface area (TPSA) is 68.3 Å². The largest absolute Gasteiger partial charge is 0.450 e. The lowest BCUT2D eigenvalue weighted by Gasteiger charge is -2.04. The monoisotopic (exact) mass is 458 g/mol. The van der Waals surface area contributed by atoms with Crippen LogP contribution in [0.15, 0.2) is 76.0 Å². The second-order valence-electron chi connectivity index (χ2n) is 6.23. The number of nitrogen functional groups attached to an aromatic ring is 1. The number of anilines is 1. The highest BCUT2D eigenvalue weighted by atomic mass is 35.5. The van der Waals surface area contributed by atoms with Crippen molar-refractivity contribution in [3.63, 3.8) is 0 Å². The Morgan fingerprint density at radius 3 is 2.40 bits per heavy atom. The van der Waals surface area contributed by atoms with Gasteiger partial charge in [-0.25, -0.2) is 0 Å². The summed E-state index contributed by atoms with van der Waals surface area (Å²) in [5.41, 5.74) is 9.67. The molecule has 154 valence electrons. The number of halogens is 2. The average molecular weight is 459 g/mol. The lowest BCUT2D eigenvalue weighted by Crippen LogP contribution is -2.02. The van der Waals surface area contributed by atoms with Crippen LogP contribution in [0, 0.1) is 0 Å². The lowest BCUT2D eigenvalue weighted by molar-refractivity contribution is 0.101. The van der Waals surface area contributed by atoms with Crippen molar-refractivity contribution in [3.05, 3.63) is 83.1 Å². The summed E-state index contributed by atoms with van der Waals surface area (Å²) in [5.74, 6) is -0.117. The van der Waals surface area contributed by atoms with Crippen LogP contribution in [0.4, 0.5) is 5.69 Å². The molecule has 4 nitrogen and oxygen atoms in total. The third-order valence-electron chi connectivity index (χ3n) is 4.43. The van der Waals surface area contributed by atoms with Crippen LogP contribution in [0.3, 0.4) is 0 Å². The van der Waals surface area contributed by atoms with Crippen molar-refractivity contribution in [2.75, 3.05) is 19.2 Å². The first kappa shape index (κ1) is 22.2. The van der Waals surface area contributed by atoms with Crippen molar-refractivity contribution in [3.8, 4) is 11.1 Å². The van der Waals surface area contributed by atoms with Gasteiger partial charge in [-0.1, -0.05) is 29.8 Å². The van der Waals surface area contributed by atoms with Crippen LogP contribution in [0.2, 0.25) is 5.02 Å². The van der Waals surface area contributed by atoms with Gasteiger partial charge in [-0.05, 0) is 78.7 Å². The van der Waals surface area contributed by atoms with Crippen LogP contribution in [0.1, 0.15) is 16.1 Å². The van der Waals surface area contributed by atoms with Crippen LogP contribution < -0.4 is 10.5 Å². The minimum absolute atomic E-state index is 0.147. The number of benzene rings is 3. The fourth-order valence-corrected chi connectivity index (χ4v) is 3.75. The van der Waals surface area contributed by atoms with Gasteiger partial charge in [0.25, 0.3) is 0 Å². The van der Waals surface area contributed by atoms with Gasteiger partial charge in [0, 0.05) is 27.3 Å². The van der Waals surface area contributed by atoms with Gasteiger partial charge in [0.15, 0.2) is 5.76 Å². The van der Waals surface area contributed by atoms with Crippen LogP contribution in [0.25, 0.3) is 22.1 Å². The molecule has 3 aromatic carbocycles. The number of rotatable bonds is 5. The highest BCUT2D eigenvalue weighted by Gasteiger charge is 2.20. The first-order valence-electron chi connectivity index (χ1n) is 9.01. The summed E-state index contributed by atoms with van der Waals surface area (Å²) in [6.07, 6.45) is 1.47. The fraction of sp³-hybridized carbons (Fsp3) is 0.0870. The molecular weight excluding hydrogens is 439 g/mol. The molecule has 0 fully saturated rings. The van der Waals surface area contributed by atoms with E-state index in [1.165, 1.54) is 6.38 Å². The second-order valence-corrected chi connectivity index (χ2v) is 7.75. The molecule has 0 atom stereocenters. The summed E-state index contributed by atoms with van der Waals surface area (Å²) >= 11 is 12.1. The molecule has 0 saturated carbocycles. The Labute approximate surface area is 189 Å². The van der Waals surface area contributed by atoms with Gasteiger partial charge in [0.2, 0.25) is 5.78 Å². The molecule has 0 spiro atoms. The molecule has 30 heavy (non-hydrogen) atoms. The summed E-state index contributed by atoms with van der Waals surface area (Å²) < 4.78 is 8.93. The maximum atomic E-state index is 12.8. The molecule has 1 heterocycles. The van der Waals surface area contributed by atoms with Gasteiger partial charge in [-0.3, -0.25) is 9.52 Å². The third-order valence-corrected chi connectivity index (χ3v) is 5.37. The Morgan fingerprint density at radius 2 is 1.70 bits per heavy atom. The minimum Gasteiger partial charge on any atom is -0.450 e. The van der Waals surface area contributed by atoms with Gasteiger partial charge in [0.05, 0.1) is 5.69 Å². The summed E-state index contributed by atoms with van der Waals surface area (Å²) in [4.78, 5) is 13.9. The van der Waals surface area contributed by atoms with Crippen LogP contribution in [0.5, 0.6) is 0 Å². The smallest absolute Gasteiger partial charge is 0.230 e. The summed E-state index contributed by atoms with van der Waals surface area (Å²) in [6, 6.07) is 20.6. The van der Waals surface area contributed by atoms with Gasteiger partial charge < -0.3 is 10.2 Å². The van der Waals surface area contributed by atoms with Gasteiger partial charge in [-0.15, -0.1) is 11.6 Å². The maximum Gasteiger partial charge on any atom is 0.230 e. The number of fused-ring (bicyclic) bond motifs is 1. The van der Waals surface area contributed by atoms with Crippen molar-refractivity contribution in [1.29, 1.82) is 0 Å². The lowest BCUT2D eigenvalue weighted by atomic mass is 10.0. The van der Waals surface area contributed by atoms with Crippen molar-refractivity contribution >= 4 is 57.6 Å². The van der Waals surface area contributed by atoms with E-state index in [1.807, 2.05) is 43.4 Å². The number of ketones is 1. The van der Waals surface area contributed by atoms with E-state index in [-0.39, 0.29) is 11.5 Å². The fourth-order valence-electron chi connectivity index (χ4n) is 3.05. The number of nitrogens with one attached hydrogen (secondary N) is 1. The molecule has 0 bridgehead atoms. The van der Waals surface area contributed by atoms with E-state index < -0.39 is 0 Å². The number of nitrogens with two attached hydrogens (primary N) is 1. The predicted molar refractivity (Wildman–Crippen MR) is 128 cm³/mol. The second kappa shape index (κ2) is 10.0. The molecule has 0 unspecified atom stereocenters. The van der Waals surface area contributed by atoms with Crippen LogP contribution >= 0.6 is 35.1 Å². The van der Waals surface area contributed by atoms with E-state index in [0.29, 0.717) is 21.9 Å². The van der Waals surface area contributed by atoms with Gasteiger partial charge in [-0.2, -0.15) is 0 Å². The molecule has 0 aliphatic carbocycles. The van der Waals surface area contributed by atoms with E-state index in [4.69, 9.17) is 21.8 Å². The predicted octanol–water partition coefficient (Wildman–Crippen LogP) is 6.65. The van der Waals surface area contributed by atoms with E-state index in [1.54, 1.807) is 36.2 Å². The Kier molecular flexibility index (Phi) is 7.45. The molecule has 0 radical (unpaired) electrons. The zero-order chi connectivity index (χ0) is 21.7. The van der Waals surface area contributed by atoms with Crippen molar-refractivity contribution < 1.29 is 9.21 Å². The first-order valence-corrected chi connectivity index (χ1v) is 11.0. The highest BCUT2D eigenvalue weighted by Crippen LogP contribution is 2.34. The number of carbonyl (C=O) groups is 1. The summed E-state index contributed by atoms with van der Waals surface area (Å²) in [5, 5.41) is 1.29. The van der Waals surface area contributed by atoms with E-state index in [2.05, 4.69) is 22.4 Å². The van der Waals surface area contributed by atoms with Gasteiger partial charge >= 0.3 is 0 Å². The number of hydrogen-bond donors (Lipinski definition) is 2. The van der Waals surface area contributed by atoms with Crippen molar-refractivity contribution in [2.45, 2.75) is 4.90 Å². The summed E-state index contributed by atoms with van der Waals surface area (Å²) in [6.45, 7) is 0. The molecule has 1 aromatic heterocycles. The molecule has 3 N–H and O–H groups in total. The van der Waals surface area contributed by atoms with E-state index >= 15 is 0 Å². The quantitative estimate of drug-likeness (QED) is 0.199. The first-order chi connectivity index (χ1) is 14.6. The molecule has 4 rings (SSSR count). The Balaban J connectivity index is 0.00000124. The maximum absolute atomic E-state index is 12.8. The third kappa shape index (κ3) is 4.65. The van der Waals surface area contributed by atoms with Crippen molar-refractivity contribution in [1.82, 2.24) is 4.72 Å². The Morgan fingerprint density at radius 1 is 1.00 bits per heavy atom. The normalized spacial score (nSPS) is 10.5. The Hall–Kier alpha value is -2.44. The molecule has 7 heteroatoms. The molecule has 4 aromatic rings. The average Bonchev–Trinajstić information content (AvgIpc) is 3.11. The molecule has 0 aliphatic rings. The van der Waals surface area contributed by atoms with Crippen LogP contribution in [-0.4, -0.2) is 19.2 Å². The van der Waals surface area contributed by atoms with Crippen LogP contribution in [-0.2, 0) is 0 Å². The SMILES string of the molecule is CCl.CNSc1cccc(-c2ccc3c(N)c(C(=O)c4ccc(Cl)cc4)oc3c2)c1. The zero-order valence-corrected chi connectivity index (χ0v) is 18.7. The van der Waals surface area contributed by atoms with Gasteiger partial charge in [0.1, 0.15) is 5.58 Å². The van der Waals surface area contributed by atoms with E-state index in [0.717, 1.165) is 21.4 Å².